The average molecular weight is 442 g/mol. The maximum absolute atomic E-state index is 13.0. The number of pyridine rings is 1. The minimum absolute atomic E-state index is 0.155. The van der Waals surface area contributed by atoms with Crippen molar-refractivity contribution in [1.29, 1.82) is 0 Å². The van der Waals surface area contributed by atoms with Crippen LogP contribution in [0.5, 0.6) is 0 Å². The fraction of sp³-hybridized carbons (Fsp3) is 0.500. The molecule has 0 saturated heterocycles. The SMILES string of the molecule is C=CC.C=CCCCCC(C)C.CC.Cc1ccc(C)c(CCCc2cccc(F)c2)n1. The summed E-state index contributed by atoms with van der Waals surface area (Å²) in [6.07, 6.45) is 11.8. The zero-order chi connectivity index (χ0) is 24.8. The van der Waals surface area contributed by atoms with Gasteiger partial charge in [0.05, 0.1) is 0 Å². The van der Waals surface area contributed by atoms with Crippen LogP contribution in [0.3, 0.4) is 0 Å². The number of hydrogen-bond donors (Lipinski definition) is 0. The number of aryl methyl sites for hydroxylation is 4. The van der Waals surface area contributed by atoms with E-state index in [4.69, 9.17) is 0 Å². The Balaban J connectivity index is 0. The Hall–Kier alpha value is -2.22. The number of nitrogens with zero attached hydrogens (tertiary/aromatic N) is 1. The van der Waals surface area contributed by atoms with Crippen LogP contribution in [-0.4, -0.2) is 4.98 Å². The molecular weight excluding hydrogens is 393 g/mol. The molecule has 0 bridgehead atoms. The molecule has 2 rings (SSSR count). The third-order valence-electron chi connectivity index (χ3n) is 4.55. The van der Waals surface area contributed by atoms with Crippen LogP contribution in [0.4, 0.5) is 4.39 Å². The summed E-state index contributed by atoms with van der Waals surface area (Å²) in [7, 11) is 0. The molecule has 2 heteroatoms. The molecule has 2 aromatic rings. The zero-order valence-corrected chi connectivity index (χ0v) is 21.9. The maximum atomic E-state index is 13.0. The maximum Gasteiger partial charge on any atom is 0.123 e. The average Bonchev–Trinajstić information content (AvgIpc) is 2.76. The van der Waals surface area contributed by atoms with E-state index < -0.39 is 0 Å². The number of hydrogen-bond acceptors (Lipinski definition) is 1. The van der Waals surface area contributed by atoms with Crippen molar-refractivity contribution in [3.8, 4) is 0 Å². The molecule has 0 aliphatic heterocycles. The molecule has 0 unspecified atom stereocenters. The van der Waals surface area contributed by atoms with Crippen molar-refractivity contribution in [1.82, 2.24) is 4.98 Å². The van der Waals surface area contributed by atoms with Gasteiger partial charge < -0.3 is 0 Å². The molecule has 1 heterocycles. The van der Waals surface area contributed by atoms with E-state index in [1.807, 2.05) is 45.9 Å². The Morgan fingerprint density at radius 2 is 1.62 bits per heavy atom. The lowest BCUT2D eigenvalue weighted by Crippen LogP contribution is -1.98. The fourth-order valence-corrected chi connectivity index (χ4v) is 2.93. The molecule has 0 N–H and O–H groups in total. The normalized spacial score (nSPS) is 9.41. The van der Waals surface area contributed by atoms with Gasteiger partial charge in [-0.15, -0.1) is 13.2 Å². The number of halogens is 1. The second kappa shape index (κ2) is 22.0. The van der Waals surface area contributed by atoms with E-state index in [1.54, 1.807) is 18.2 Å². The van der Waals surface area contributed by atoms with Gasteiger partial charge in [-0.3, -0.25) is 4.98 Å². The Morgan fingerprint density at radius 3 is 2.19 bits per heavy atom. The summed E-state index contributed by atoms with van der Waals surface area (Å²) in [5.74, 6) is 0.715. The highest BCUT2D eigenvalue weighted by Crippen LogP contribution is 2.12. The van der Waals surface area contributed by atoms with Gasteiger partial charge in [-0.05, 0) is 88.1 Å². The number of aromatic nitrogens is 1. The summed E-state index contributed by atoms with van der Waals surface area (Å²) in [5.41, 5.74) is 4.51. The minimum Gasteiger partial charge on any atom is -0.258 e. The van der Waals surface area contributed by atoms with Crippen molar-refractivity contribution in [2.75, 3.05) is 0 Å². The van der Waals surface area contributed by atoms with E-state index in [9.17, 15) is 4.39 Å². The molecule has 32 heavy (non-hydrogen) atoms. The molecule has 0 saturated carbocycles. The van der Waals surface area contributed by atoms with Gasteiger partial charge in [0.1, 0.15) is 5.82 Å². The minimum atomic E-state index is -0.155. The first-order chi connectivity index (χ1) is 15.3. The van der Waals surface area contributed by atoms with Crippen LogP contribution < -0.4 is 0 Å². The second-order valence-electron chi connectivity index (χ2n) is 8.07. The van der Waals surface area contributed by atoms with E-state index in [2.05, 4.69) is 45.0 Å². The smallest absolute Gasteiger partial charge is 0.123 e. The van der Waals surface area contributed by atoms with Gasteiger partial charge in [0.25, 0.3) is 0 Å². The zero-order valence-electron chi connectivity index (χ0n) is 21.9. The van der Waals surface area contributed by atoms with Crippen molar-refractivity contribution < 1.29 is 4.39 Å². The number of allylic oxidation sites excluding steroid dienone is 2. The van der Waals surface area contributed by atoms with Crippen molar-refractivity contribution in [3.63, 3.8) is 0 Å². The lowest BCUT2D eigenvalue weighted by atomic mass is 10.0. The quantitative estimate of drug-likeness (QED) is 0.279. The van der Waals surface area contributed by atoms with Gasteiger partial charge in [0.15, 0.2) is 0 Å². The summed E-state index contributed by atoms with van der Waals surface area (Å²) >= 11 is 0. The highest BCUT2D eigenvalue weighted by molar-refractivity contribution is 5.22. The Labute approximate surface area is 198 Å². The molecule has 0 aliphatic carbocycles. The van der Waals surface area contributed by atoms with Gasteiger partial charge in [0, 0.05) is 11.4 Å². The van der Waals surface area contributed by atoms with Crippen LogP contribution in [0.25, 0.3) is 0 Å². The van der Waals surface area contributed by atoms with Crippen LogP contribution in [0.15, 0.2) is 61.7 Å². The molecule has 180 valence electrons. The monoisotopic (exact) mass is 441 g/mol. The summed E-state index contributed by atoms with van der Waals surface area (Å²) < 4.78 is 13.0. The van der Waals surface area contributed by atoms with Crippen molar-refractivity contribution in [2.24, 2.45) is 5.92 Å². The van der Waals surface area contributed by atoms with Crippen LogP contribution in [0, 0.1) is 25.6 Å². The molecule has 1 nitrogen and oxygen atoms in total. The van der Waals surface area contributed by atoms with E-state index in [-0.39, 0.29) is 5.82 Å². The third-order valence-corrected chi connectivity index (χ3v) is 4.55. The predicted molar refractivity (Wildman–Crippen MR) is 143 cm³/mol. The molecule has 1 aromatic carbocycles. The van der Waals surface area contributed by atoms with Gasteiger partial charge in [-0.1, -0.05) is 70.9 Å². The van der Waals surface area contributed by atoms with Gasteiger partial charge in [0.2, 0.25) is 0 Å². The Bertz CT molecular complexity index is 719. The standard InChI is InChI=1S/C16H18FN.C9H18.C3H6.C2H6/c1-12-9-10-13(2)18-16(12)8-4-6-14-5-3-7-15(17)11-14;1-4-5-6-7-8-9(2)3;1-3-2;1-2/h3,5,7,9-11H,4,6,8H2,1-2H3;4,9H,1,5-8H2,2-3H3;3H,1H2,2H3;1-2H3. The first-order valence-corrected chi connectivity index (χ1v) is 12.2. The Morgan fingerprint density at radius 1 is 0.969 bits per heavy atom. The molecule has 0 amide bonds. The largest absolute Gasteiger partial charge is 0.258 e. The Kier molecular flexibility index (Phi) is 22.0. The first-order valence-electron chi connectivity index (χ1n) is 12.2. The lowest BCUT2D eigenvalue weighted by molar-refractivity contribution is 0.540. The number of benzene rings is 1. The van der Waals surface area contributed by atoms with Crippen molar-refractivity contribution in [2.45, 2.75) is 93.4 Å². The summed E-state index contributed by atoms with van der Waals surface area (Å²) in [5, 5.41) is 0. The lowest BCUT2D eigenvalue weighted by Gasteiger charge is -2.06. The highest BCUT2D eigenvalue weighted by Gasteiger charge is 2.02. The van der Waals surface area contributed by atoms with Crippen LogP contribution in [0.2, 0.25) is 0 Å². The second-order valence-corrected chi connectivity index (χ2v) is 8.07. The molecular formula is C30H48FN. The topological polar surface area (TPSA) is 12.9 Å². The molecule has 0 fully saturated rings. The molecule has 0 aliphatic rings. The number of rotatable bonds is 9. The van der Waals surface area contributed by atoms with Gasteiger partial charge >= 0.3 is 0 Å². The molecule has 0 radical (unpaired) electrons. The molecule has 1 aromatic heterocycles. The summed E-state index contributed by atoms with van der Waals surface area (Å²) in [4.78, 5) is 4.55. The van der Waals surface area contributed by atoms with Crippen LogP contribution in [0.1, 0.15) is 89.2 Å². The van der Waals surface area contributed by atoms with E-state index in [0.717, 1.165) is 42.1 Å². The molecule has 0 atom stereocenters. The van der Waals surface area contributed by atoms with Crippen LogP contribution >= 0.6 is 0 Å². The van der Waals surface area contributed by atoms with Gasteiger partial charge in [-0.2, -0.15) is 0 Å². The van der Waals surface area contributed by atoms with Crippen molar-refractivity contribution >= 4 is 0 Å². The number of unbranched alkanes of at least 4 members (excludes halogenated alkanes) is 2. The van der Waals surface area contributed by atoms with Crippen molar-refractivity contribution in [3.05, 3.63) is 90.0 Å². The van der Waals surface area contributed by atoms with E-state index in [1.165, 1.54) is 37.3 Å². The third kappa shape index (κ3) is 18.5. The van der Waals surface area contributed by atoms with Crippen LogP contribution in [-0.2, 0) is 12.8 Å². The fourth-order valence-electron chi connectivity index (χ4n) is 2.93. The van der Waals surface area contributed by atoms with E-state index in [0.29, 0.717) is 0 Å². The highest BCUT2D eigenvalue weighted by atomic mass is 19.1. The van der Waals surface area contributed by atoms with Gasteiger partial charge in [-0.25, -0.2) is 4.39 Å². The van der Waals surface area contributed by atoms with E-state index >= 15 is 0 Å². The molecule has 0 spiro atoms. The first kappa shape index (κ1) is 32.0. The summed E-state index contributed by atoms with van der Waals surface area (Å²) in [6, 6.07) is 11.0. The summed E-state index contributed by atoms with van der Waals surface area (Å²) in [6.45, 7) is 21.6. The predicted octanol–water partition coefficient (Wildman–Crippen LogP) is 9.62.